The van der Waals surface area contributed by atoms with E-state index < -0.39 is 10.0 Å². The fourth-order valence-corrected chi connectivity index (χ4v) is 6.99. The number of sulfonamides is 1. The largest absolute Gasteiger partial charge is 0.474 e. The minimum Gasteiger partial charge on any atom is -0.474 e. The van der Waals surface area contributed by atoms with Crippen LogP contribution in [0, 0.1) is 13.8 Å². The maximum Gasteiger partial charge on any atom is 0.273 e. The van der Waals surface area contributed by atoms with Crippen LogP contribution in [-0.4, -0.2) is 51.3 Å². The third kappa shape index (κ3) is 3.71. The summed E-state index contributed by atoms with van der Waals surface area (Å²) in [5.74, 6) is 1.28. The molecule has 0 radical (unpaired) electrons. The van der Waals surface area contributed by atoms with Gasteiger partial charge in [-0.1, -0.05) is 0 Å². The summed E-state index contributed by atoms with van der Waals surface area (Å²) in [6, 6.07) is 3.45. The molecular weight excluding hydrogens is 420 g/mol. The molecule has 1 aliphatic carbocycles. The Balaban J connectivity index is 1.31. The van der Waals surface area contributed by atoms with Crippen molar-refractivity contribution in [3.8, 4) is 17.5 Å². The van der Waals surface area contributed by atoms with Crippen LogP contribution in [0.2, 0.25) is 0 Å². The molecule has 1 saturated carbocycles. The summed E-state index contributed by atoms with van der Waals surface area (Å²) >= 11 is 0. The van der Waals surface area contributed by atoms with Gasteiger partial charge in [0, 0.05) is 42.6 Å². The van der Waals surface area contributed by atoms with E-state index in [1.54, 1.807) is 23.4 Å². The Kier molecular flexibility index (Phi) is 5.01. The third-order valence-corrected chi connectivity index (χ3v) is 9.01. The van der Waals surface area contributed by atoms with Crippen molar-refractivity contribution in [2.45, 2.75) is 75.8 Å². The van der Waals surface area contributed by atoms with Crippen molar-refractivity contribution in [2.24, 2.45) is 0 Å². The lowest BCUT2D eigenvalue weighted by Crippen LogP contribution is -2.50. The van der Waals surface area contributed by atoms with Gasteiger partial charge in [0.1, 0.15) is 12.4 Å². The van der Waals surface area contributed by atoms with E-state index in [0.29, 0.717) is 41.6 Å². The first-order chi connectivity index (χ1) is 14.8. The summed E-state index contributed by atoms with van der Waals surface area (Å²) in [4.78, 5) is 8.51. The zero-order valence-corrected chi connectivity index (χ0v) is 18.5. The molecule has 9 nitrogen and oxygen atoms in total. The Morgan fingerprint density at radius 2 is 1.77 bits per heavy atom. The lowest BCUT2D eigenvalue weighted by Gasteiger charge is -2.37. The average Bonchev–Trinajstić information content (AvgIpc) is 3.54. The van der Waals surface area contributed by atoms with Crippen molar-refractivity contribution in [1.29, 1.82) is 0 Å². The molecule has 2 saturated heterocycles. The maximum atomic E-state index is 12.8. The van der Waals surface area contributed by atoms with E-state index in [4.69, 9.17) is 9.47 Å². The SMILES string of the molecule is Cc1c(Oc2ccc[n+](O)c2C)ncnc1OC1CC2CCC(C1)N2S(=O)(=O)C1CC1. The third-order valence-electron chi connectivity index (χ3n) is 6.51. The highest BCUT2D eigenvalue weighted by atomic mass is 32.2. The highest BCUT2D eigenvalue weighted by Gasteiger charge is 2.52. The van der Waals surface area contributed by atoms with Gasteiger partial charge in [-0.25, -0.2) is 18.4 Å². The van der Waals surface area contributed by atoms with E-state index in [1.807, 2.05) is 6.92 Å². The molecule has 0 spiro atoms. The smallest absolute Gasteiger partial charge is 0.273 e. The Morgan fingerprint density at radius 3 is 2.45 bits per heavy atom. The van der Waals surface area contributed by atoms with Crippen molar-refractivity contribution in [3.63, 3.8) is 0 Å². The molecule has 2 aromatic heterocycles. The summed E-state index contributed by atoms with van der Waals surface area (Å²) in [7, 11) is -3.17. The molecule has 3 fully saturated rings. The summed E-state index contributed by atoms with van der Waals surface area (Å²) < 4.78 is 40.6. The van der Waals surface area contributed by atoms with Crippen molar-refractivity contribution in [3.05, 3.63) is 35.9 Å². The second kappa shape index (κ2) is 7.59. The normalized spacial score (nSPS) is 26.1. The van der Waals surface area contributed by atoms with Crippen molar-refractivity contribution >= 4 is 10.0 Å². The first kappa shape index (κ1) is 20.4. The van der Waals surface area contributed by atoms with Crippen LogP contribution in [0.15, 0.2) is 24.7 Å². The molecule has 5 rings (SSSR count). The molecule has 2 aromatic rings. The number of rotatable bonds is 6. The number of nitrogens with zero attached hydrogens (tertiary/aromatic N) is 4. The number of hydrogen-bond donors (Lipinski definition) is 1. The fourth-order valence-electron chi connectivity index (χ4n) is 4.70. The number of pyridine rings is 1. The minimum absolute atomic E-state index is 0.0131. The minimum atomic E-state index is -3.17. The molecule has 0 amide bonds. The summed E-state index contributed by atoms with van der Waals surface area (Å²) in [6.45, 7) is 3.57. The standard InChI is InChI=1S/C21H27N4O5S/c1-13-20(22-12-23-21(13)30-19-4-3-9-24(26)14(19)2)29-17-10-15-5-6-16(11-17)25(15)31(27,28)18-7-8-18/h3-4,9,12,15-18,26H,5-8,10-11H2,1-2H3/q+1. The first-order valence-electron chi connectivity index (χ1n) is 10.7. The molecule has 2 aliphatic heterocycles. The van der Waals surface area contributed by atoms with Crippen LogP contribution in [0.3, 0.4) is 0 Å². The predicted octanol–water partition coefficient (Wildman–Crippen LogP) is 2.28. The molecule has 0 aromatic carbocycles. The quantitative estimate of drug-likeness (QED) is 0.535. The number of fused-ring (bicyclic) bond motifs is 2. The van der Waals surface area contributed by atoms with E-state index in [9.17, 15) is 13.6 Å². The van der Waals surface area contributed by atoms with E-state index >= 15 is 0 Å². The van der Waals surface area contributed by atoms with Gasteiger partial charge in [0.15, 0.2) is 0 Å². The second-order valence-electron chi connectivity index (χ2n) is 8.68. The fraction of sp³-hybridized carbons (Fsp3) is 0.571. The lowest BCUT2D eigenvalue weighted by atomic mass is 10.0. The Morgan fingerprint density at radius 1 is 1.10 bits per heavy atom. The molecule has 10 heteroatoms. The van der Waals surface area contributed by atoms with Crippen molar-refractivity contribution < 1.29 is 27.8 Å². The van der Waals surface area contributed by atoms with Crippen LogP contribution < -0.4 is 14.2 Å². The van der Waals surface area contributed by atoms with Gasteiger partial charge in [-0.2, -0.15) is 4.31 Å². The maximum absolute atomic E-state index is 12.8. The molecule has 3 aliphatic rings. The number of piperidine rings is 1. The zero-order chi connectivity index (χ0) is 21.8. The Labute approximate surface area is 181 Å². The molecule has 2 bridgehead atoms. The van der Waals surface area contributed by atoms with E-state index in [0.717, 1.165) is 30.4 Å². The van der Waals surface area contributed by atoms with Gasteiger partial charge >= 0.3 is 0 Å². The highest BCUT2D eigenvalue weighted by Crippen LogP contribution is 2.44. The van der Waals surface area contributed by atoms with Gasteiger partial charge in [0.2, 0.25) is 33.7 Å². The van der Waals surface area contributed by atoms with Crippen LogP contribution in [0.4, 0.5) is 0 Å². The van der Waals surface area contributed by atoms with Gasteiger partial charge in [0.25, 0.3) is 5.69 Å². The van der Waals surface area contributed by atoms with E-state index in [2.05, 4.69) is 9.97 Å². The summed E-state index contributed by atoms with van der Waals surface area (Å²) in [6.07, 6.45) is 7.52. The van der Waals surface area contributed by atoms with E-state index in [1.165, 1.54) is 12.5 Å². The number of aromatic nitrogens is 3. The molecule has 166 valence electrons. The number of hydrogen-bond acceptors (Lipinski definition) is 7. The first-order valence-corrected chi connectivity index (χ1v) is 12.2. The van der Waals surface area contributed by atoms with Gasteiger partial charge in [-0.15, -0.1) is 0 Å². The monoisotopic (exact) mass is 447 g/mol. The summed E-state index contributed by atoms with van der Waals surface area (Å²) in [5, 5.41) is 9.65. The Hall–Kier alpha value is -2.46. The van der Waals surface area contributed by atoms with Crippen molar-refractivity contribution in [2.75, 3.05) is 0 Å². The van der Waals surface area contributed by atoms with Crippen molar-refractivity contribution in [1.82, 2.24) is 14.3 Å². The molecular formula is C21H27N4O5S+. The molecule has 1 N–H and O–H groups in total. The van der Waals surface area contributed by atoms with Gasteiger partial charge in [-0.05, 0) is 38.7 Å². The molecule has 2 unspecified atom stereocenters. The van der Waals surface area contributed by atoms with Crippen LogP contribution in [0.1, 0.15) is 49.8 Å². The van der Waals surface area contributed by atoms with Gasteiger partial charge < -0.3 is 9.47 Å². The zero-order valence-electron chi connectivity index (χ0n) is 17.6. The molecule has 31 heavy (non-hydrogen) atoms. The van der Waals surface area contributed by atoms with E-state index in [-0.39, 0.29) is 23.4 Å². The Bertz CT molecular complexity index is 1090. The van der Waals surface area contributed by atoms with Crippen LogP contribution >= 0.6 is 0 Å². The summed E-state index contributed by atoms with van der Waals surface area (Å²) in [5.41, 5.74) is 1.21. The topological polar surface area (TPSA) is 106 Å². The lowest BCUT2D eigenvalue weighted by molar-refractivity contribution is -0.908. The van der Waals surface area contributed by atoms with Crippen LogP contribution in [0.5, 0.6) is 17.5 Å². The van der Waals surface area contributed by atoms with Crippen LogP contribution in [0.25, 0.3) is 0 Å². The highest BCUT2D eigenvalue weighted by molar-refractivity contribution is 7.90. The molecule has 4 heterocycles. The van der Waals surface area contributed by atoms with Gasteiger partial charge in [-0.3, -0.25) is 5.21 Å². The number of ether oxygens (including phenoxy) is 2. The van der Waals surface area contributed by atoms with Gasteiger partial charge in [0.05, 0.1) is 10.8 Å². The van der Waals surface area contributed by atoms with Crippen LogP contribution in [-0.2, 0) is 10.0 Å². The predicted molar refractivity (Wildman–Crippen MR) is 110 cm³/mol. The average molecular weight is 448 g/mol. The molecule has 2 atom stereocenters. The second-order valence-corrected chi connectivity index (χ2v) is 10.8.